The second-order valence-electron chi connectivity index (χ2n) is 3.37. The fourth-order valence-electron chi connectivity index (χ4n) is 1.78. The van der Waals surface area contributed by atoms with Gasteiger partial charge in [0.25, 0.3) is 0 Å². The molecule has 0 radical (unpaired) electrons. The Kier molecular flexibility index (Phi) is 3.49. The number of hydrogen-bond donors (Lipinski definition) is 0. The number of rotatable bonds is 4. The molecule has 0 amide bonds. The maximum Gasteiger partial charge on any atom is 0.244 e. The Bertz CT molecular complexity index is 411. The summed E-state index contributed by atoms with van der Waals surface area (Å²) in [7, 11) is 0. The highest BCUT2D eigenvalue weighted by atomic mass is 35.5. The molecule has 4 heteroatoms. The van der Waals surface area contributed by atoms with E-state index in [4.69, 9.17) is 23.2 Å². The minimum absolute atomic E-state index is 0.625. The second-order valence-corrected chi connectivity index (χ2v) is 4.12. The monoisotopic (exact) mass is 243 g/mol. The quantitative estimate of drug-likeness (QED) is 0.577. The minimum Gasteiger partial charge on any atom is -0.229 e. The van der Waals surface area contributed by atoms with Gasteiger partial charge in [-0.15, -0.1) is 23.2 Å². The Morgan fingerprint density at radius 3 is 2.67 bits per heavy atom. The number of benzene rings is 1. The fraction of sp³-hybridized carbons (Fsp3) is 0.364. The normalized spacial score (nSPS) is 11.1. The first-order valence-corrected chi connectivity index (χ1v) is 6.03. The fourth-order valence-corrected chi connectivity index (χ4v) is 2.15. The van der Waals surface area contributed by atoms with Crippen LogP contribution in [-0.4, -0.2) is 16.3 Å². The third-order valence-electron chi connectivity index (χ3n) is 2.43. The third kappa shape index (κ3) is 2.11. The summed E-state index contributed by atoms with van der Waals surface area (Å²) in [6.45, 7) is 1.66. The van der Waals surface area contributed by atoms with Crippen molar-refractivity contribution in [1.29, 1.82) is 0 Å². The predicted molar refractivity (Wildman–Crippen MR) is 63.6 cm³/mol. The summed E-state index contributed by atoms with van der Waals surface area (Å²) in [5, 5.41) is 0. The molecule has 2 aromatic rings. The Morgan fingerprint density at radius 1 is 1.13 bits per heavy atom. The van der Waals surface area contributed by atoms with Crippen LogP contribution in [0.3, 0.4) is 0 Å². The highest BCUT2D eigenvalue weighted by molar-refractivity contribution is 6.18. The van der Waals surface area contributed by atoms with E-state index in [9.17, 15) is 0 Å². The molecule has 80 valence electrons. The summed E-state index contributed by atoms with van der Waals surface area (Å²) in [5.41, 5.74) is 2.42. The van der Waals surface area contributed by atoms with Crippen LogP contribution in [0, 0.1) is 0 Å². The number of aromatic nitrogens is 2. The lowest BCUT2D eigenvalue weighted by atomic mass is 10.3. The lowest BCUT2D eigenvalue weighted by Gasteiger charge is -1.91. The predicted octanol–water partition coefficient (Wildman–Crippen LogP) is 2.41. The van der Waals surface area contributed by atoms with E-state index in [1.165, 1.54) is 11.0 Å². The molecule has 0 atom stereocenters. The molecule has 2 nitrogen and oxygen atoms in total. The topological polar surface area (TPSA) is 8.81 Å². The van der Waals surface area contributed by atoms with Crippen molar-refractivity contribution in [3.05, 3.63) is 30.6 Å². The van der Waals surface area contributed by atoms with Crippen LogP contribution < -0.4 is 4.57 Å². The van der Waals surface area contributed by atoms with Crippen LogP contribution in [0.15, 0.2) is 30.6 Å². The summed E-state index contributed by atoms with van der Waals surface area (Å²) in [5.74, 6) is 1.25. The number of halogens is 2. The maximum absolute atomic E-state index is 5.77. The lowest BCUT2D eigenvalue weighted by Crippen LogP contribution is -2.33. The molecular weight excluding hydrogens is 231 g/mol. The van der Waals surface area contributed by atoms with Gasteiger partial charge >= 0.3 is 0 Å². The number of fused-ring (bicyclic) bond motifs is 1. The SMILES string of the molecule is ClCCn1c[n+](CCCl)c2ccccc21. The van der Waals surface area contributed by atoms with Crippen LogP contribution in [0.4, 0.5) is 0 Å². The van der Waals surface area contributed by atoms with E-state index >= 15 is 0 Å². The zero-order valence-electron chi connectivity index (χ0n) is 8.37. The number of alkyl halides is 2. The number of aryl methyl sites for hydroxylation is 2. The van der Waals surface area contributed by atoms with Crippen molar-refractivity contribution >= 4 is 34.2 Å². The average molecular weight is 244 g/mol. The minimum atomic E-state index is 0.625. The zero-order valence-corrected chi connectivity index (χ0v) is 9.88. The molecule has 0 aliphatic heterocycles. The van der Waals surface area contributed by atoms with E-state index in [1.54, 1.807) is 0 Å². The van der Waals surface area contributed by atoms with Crippen LogP contribution in [-0.2, 0) is 13.1 Å². The van der Waals surface area contributed by atoms with Crippen LogP contribution in [0.1, 0.15) is 0 Å². The van der Waals surface area contributed by atoms with E-state index in [-0.39, 0.29) is 0 Å². The lowest BCUT2D eigenvalue weighted by molar-refractivity contribution is -0.667. The summed E-state index contributed by atoms with van der Waals surface area (Å²) >= 11 is 11.5. The first-order chi connectivity index (χ1) is 7.36. The van der Waals surface area contributed by atoms with Gasteiger partial charge in [-0.05, 0) is 12.1 Å². The van der Waals surface area contributed by atoms with Crippen molar-refractivity contribution in [2.45, 2.75) is 13.1 Å². The summed E-state index contributed by atoms with van der Waals surface area (Å²) in [6.07, 6.45) is 2.08. The van der Waals surface area contributed by atoms with E-state index in [0.29, 0.717) is 11.8 Å². The van der Waals surface area contributed by atoms with Crippen LogP contribution in [0.5, 0.6) is 0 Å². The van der Waals surface area contributed by atoms with Crippen molar-refractivity contribution in [1.82, 2.24) is 4.57 Å². The highest BCUT2D eigenvalue weighted by Crippen LogP contribution is 2.10. The first-order valence-electron chi connectivity index (χ1n) is 4.96. The average Bonchev–Trinajstić information content (AvgIpc) is 2.59. The third-order valence-corrected chi connectivity index (χ3v) is 2.77. The van der Waals surface area contributed by atoms with Crippen molar-refractivity contribution in [2.24, 2.45) is 0 Å². The Balaban J connectivity index is 2.52. The standard InChI is InChI=1S/C11H13Cl2N2/c12-5-7-14-9-15(8-6-13)11-4-2-1-3-10(11)14/h1-4,9H,5-8H2/q+1. The van der Waals surface area contributed by atoms with Gasteiger partial charge in [0.2, 0.25) is 6.33 Å². The number of nitrogens with zero attached hydrogens (tertiary/aromatic N) is 2. The molecule has 0 N–H and O–H groups in total. The molecule has 0 unspecified atom stereocenters. The molecule has 1 aromatic heterocycles. The van der Waals surface area contributed by atoms with Gasteiger partial charge in [0, 0.05) is 0 Å². The maximum atomic E-state index is 5.77. The molecule has 1 aromatic carbocycles. The van der Waals surface area contributed by atoms with Gasteiger partial charge in [-0.2, -0.15) is 0 Å². The van der Waals surface area contributed by atoms with E-state index in [0.717, 1.165) is 13.1 Å². The largest absolute Gasteiger partial charge is 0.244 e. The molecule has 0 aliphatic rings. The summed E-state index contributed by atoms with van der Waals surface area (Å²) < 4.78 is 4.32. The summed E-state index contributed by atoms with van der Waals surface area (Å²) in [6, 6.07) is 8.29. The Labute approximate surface area is 99.0 Å². The van der Waals surface area contributed by atoms with Crippen molar-refractivity contribution in [3.8, 4) is 0 Å². The first kappa shape index (κ1) is 10.8. The van der Waals surface area contributed by atoms with Crippen molar-refractivity contribution in [3.63, 3.8) is 0 Å². The van der Waals surface area contributed by atoms with Gasteiger partial charge in [-0.1, -0.05) is 12.1 Å². The summed E-state index contributed by atoms with van der Waals surface area (Å²) in [4.78, 5) is 0. The molecule has 0 aliphatic carbocycles. The van der Waals surface area contributed by atoms with Gasteiger partial charge < -0.3 is 0 Å². The smallest absolute Gasteiger partial charge is 0.229 e. The van der Waals surface area contributed by atoms with Crippen LogP contribution >= 0.6 is 23.2 Å². The Hall–Kier alpha value is -0.730. The van der Waals surface area contributed by atoms with Gasteiger partial charge in [0.15, 0.2) is 11.0 Å². The van der Waals surface area contributed by atoms with Gasteiger partial charge in [-0.25, -0.2) is 9.13 Å². The number of imidazole rings is 1. The number of hydrogen-bond acceptors (Lipinski definition) is 0. The molecule has 2 rings (SSSR count). The molecule has 0 spiro atoms. The van der Waals surface area contributed by atoms with E-state index in [1.807, 2.05) is 12.1 Å². The van der Waals surface area contributed by atoms with Crippen LogP contribution in [0.25, 0.3) is 11.0 Å². The van der Waals surface area contributed by atoms with Gasteiger partial charge in [0.05, 0.1) is 11.8 Å². The zero-order chi connectivity index (χ0) is 10.7. The molecule has 0 bridgehead atoms. The molecular formula is C11H13Cl2N2+. The molecule has 0 saturated carbocycles. The van der Waals surface area contributed by atoms with Crippen molar-refractivity contribution < 1.29 is 4.57 Å². The second kappa shape index (κ2) is 4.86. The Morgan fingerprint density at radius 2 is 1.93 bits per heavy atom. The van der Waals surface area contributed by atoms with E-state index in [2.05, 4.69) is 27.6 Å². The molecule has 0 fully saturated rings. The van der Waals surface area contributed by atoms with Crippen molar-refractivity contribution in [2.75, 3.05) is 11.8 Å². The molecule has 15 heavy (non-hydrogen) atoms. The molecule has 0 saturated heterocycles. The number of para-hydroxylation sites is 2. The van der Waals surface area contributed by atoms with Crippen LogP contribution in [0.2, 0.25) is 0 Å². The highest BCUT2D eigenvalue weighted by Gasteiger charge is 2.13. The van der Waals surface area contributed by atoms with E-state index < -0.39 is 0 Å². The van der Waals surface area contributed by atoms with Gasteiger partial charge in [0.1, 0.15) is 13.1 Å². The van der Waals surface area contributed by atoms with Gasteiger partial charge in [-0.3, -0.25) is 0 Å². The molecule has 1 heterocycles.